The molecule has 1 aromatic rings. The molecule has 0 aliphatic carbocycles. The second-order valence-electron chi connectivity index (χ2n) is 1.50. The van der Waals surface area contributed by atoms with Gasteiger partial charge in [-0.05, 0) is 0 Å². The number of aromatic carboxylic acids is 1. The summed E-state index contributed by atoms with van der Waals surface area (Å²) in [4.78, 5) is 13.6. The quantitative estimate of drug-likeness (QED) is 0.647. The summed E-state index contributed by atoms with van der Waals surface area (Å²) in [5, 5.41) is 8.28. The number of carbonyl (C=O) groups is 1. The maximum Gasteiger partial charge on any atom is 0.392 e. The standard InChI is InChI=1S/C5H5NO4/c1-9-3-2-10-4(6-3)5(7)8/h2H,1H3,(H,7,8). The Labute approximate surface area is 56.2 Å². The Morgan fingerprint density at radius 1 is 1.90 bits per heavy atom. The Bertz CT molecular complexity index is 242. The summed E-state index contributed by atoms with van der Waals surface area (Å²) in [6.07, 6.45) is 1.13. The summed E-state index contributed by atoms with van der Waals surface area (Å²) in [7, 11) is 1.38. The maximum atomic E-state index is 10.1. The Hall–Kier alpha value is -1.52. The Morgan fingerprint density at radius 2 is 2.60 bits per heavy atom. The van der Waals surface area contributed by atoms with E-state index in [1.165, 1.54) is 7.11 Å². The van der Waals surface area contributed by atoms with Gasteiger partial charge in [0, 0.05) is 0 Å². The highest BCUT2D eigenvalue weighted by atomic mass is 16.5. The molecule has 5 heteroatoms. The van der Waals surface area contributed by atoms with Crippen LogP contribution in [-0.4, -0.2) is 23.2 Å². The minimum absolute atomic E-state index is 0.164. The van der Waals surface area contributed by atoms with Crippen molar-refractivity contribution in [1.82, 2.24) is 4.98 Å². The molecule has 0 aliphatic heterocycles. The molecule has 54 valence electrons. The van der Waals surface area contributed by atoms with Crippen molar-refractivity contribution in [2.75, 3.05) is 7.11 Å². The topological polar surface area (TPSA) is 72.6 Å². The largest absolute Gasteiger partial charge is 0.479 e. The van der Waals surface area contributed by atoms with E-state index in [4.69, 9.17) is 5.11 Å². The molecule has 0 bridgehead atoms. The molecule has 10 heavy (non-hydrogen) atoms. The Morgan fingerprint density at radius 3 is 2.90 bits per heavy atom. The van der Waals surface area contributed by atoms with E-state index in [-0.39, 0.29) is 11.8 Å². The number of rotatable bonds is 2. The molecule has 0 saturated carbocycles. The lowest BCUT2D eigenvalue weighted by atomic mass is 10.7. The van der Waals surface area contributed by atoms with Crippen LogP contribution >= 0.6 is 0 Å². The van der Waals surface area contributed by atoms with Gasteiger partial charge in [0.2, 0.25) is 0 Å². The lowest BCUT2D eigenvalue weighted by Crippen LogP contribution is -1.95. The van der Waals surface area contributed by atoms with Crippen LogP contribution in [0.4, 0.5) is 0 Å². The molecule has 0 saturated heterocycles. The van der Waals surface area contributed by atoms with Crippen LogP contribution in [0.25, 0.3) is 0 Å². The first-order valence-electron chi connectivity index (χ1n) is 2.47. The zero-order chi connectivity index (χ0) is 7.56. The van der Waals surface area contributed by atoms with E-state index < -0.39 is 5.97 Å². The molecule has 1 N–H and O–H groups in total. The van der Waals surface area contributed by atoms with Crippen molar-refractivity contribution in [3.8, 4) is 5.88 Å². The van der Waals surface area contributed by atoms with Gasteiger partial charge in [0.05, 0.1) is 7.11 Å². The van der Waals surface area contributed by atoms with Gasteiger partial charge in [0.25, 0.3) is 5.88 Å². The van der Waals surface area contributed by atoms with Crippen molar-refractivity contribution in [3.05, 3.63) is 12.2 Å². The van der Waals surface area contributed by atoms with Crippen LogP contribution in [0.15, 0.2) is 10.7 Å². The maximum absolute atomic E-state index is 10.1. The third-order valence-corrected chi connectivity index (χ3v) is 0.875. The van der Waals surface area contributed by atoms with Crippen LogP contribution < -0.4 is 4.74 Å². The Balaban J connectivity index is 2.88. The fourth-order valence-electron chi connectivity index (χ4n) is 0.451. The van der Waals surface area contributed by atoms with Crippen molar-refractivity contribution >= 4 is 5.97 Å². The van der Waals surface area contributed by atoms with Gasteiger partial charge in [-0.2, -0.15) is 4.98 Å². The number of nitrogens with zero attached hydrogens (tertiary/aromatic N) is 1. The van der Waals surface area contributed by atoms with Gasteiger partial charge in [-0.1, -0.05) is 0 Å². The van der Waals surface area contributed by atoms with Crippen LogP contribution in [0.3, 0.4) is 0 Å². The van der Waals surface area contributed by atoms with Crippen LogP contribution in [0, 0.1) is 0 Å². The lowest BCUT2D eigenvalue weighted by Gasteiger charge is -1.84. The van der Waals surface area contributed by atoms with E-state index >= 15 is 0 Å². The predicted molar refractivity (Wildman–Crippen MR) is 30.0 cm³/mol. The van der Waals surface area contributed by atoms with E-state index in [0.717, 1.165) is 6.26 Å². The summed E-state index contributed by atoms with van der Waals surface area (Å²) in [6.45, 7) is 0. The summed E-state index contributed by atoms with van der Waals surface area (Å²) < 4.78 is 9.06. The van der Waals surface area contributed by atoms with Gasteiger partial charge >= 0.3 is 11.9 Å². The summed E-state index contributed by atoms with van der Waals surface area (Å²) in [6, 6.07) is 0. The third-order valence-electron chi connectivity index (χ3n) is 0.875. The van der Waals surface area contributed by atoms with Crippen molar-refractivity contribution in [1.29, 1.82) is 0 Å². The third kappa shape index (κ3) is 1.07. The van der Waals surface area contributed by atoms with Gasteiger partial charge < -0.3 is 14.3 Å². The first kappa shape index (κ1) is 6.60. The molecule has 0 fully saturated rings. The zero-order valence-corrected chi connectivity index (χ0v) is 5.20. The van der Waals surface area contributed by atoms with E-state index in [2.05, 4.69) is 14.1 Å². The molecule has 0 atom stereocenters. The van der Waals surface area contributed by atoms with Gasteiger partial charge in [0.15, 0.2) is 6.26 Å². The molecule has 0 unspecified atom stereocenters. The number of hydrogen-bond acceptors (Lipinski definition) is 4. The van der Waals surface area contributed by atoms with Crippen molar-refractivity contribution in [3.63, 3.8) is 0 Å². The van der Waals surface area contributed by atoms with Gasteiger partial charge in [-0.25, -0.2) is 4.79 Å². The van der Waals surface area contributed by atoms with E-state index in [0.29, 0.717) is 0 Å². The van der Waals surface area contributed by atoms with Crippen molar-refractivity contribution in [2.45, 2.75) is 0 Å². The molecule has 0 aliphatic rings. The molecule has 5 nitrogen and oxygen atoms in total. The molecule has 1 heterocycles. The SMILES string of the molecule is COc1coc(C(=O)O)n1. The first-order valence-corrected chi connectivity index (χ1v) is 2.47. The summed E-state index contributed by atoms with van der Waals surface area (Å²) >= 11 is 0. The fourth-order valence-corrected chi connectivity index (χ4v) is 0.451. The highest BCUT2D eigenvalue weighted by Crippen LogP contribution is 2.08. The number of carboxylic acid groups (broad SMARTS) is 1. The summed E-state index contributed by atoms with van der Waals surface area (Å²) in [5.74, 6) is -1.41. The Kier molecular flexibility index (Phi) is 1.57. The van der Waals surface area contributed by atoms with E-state index in [1.807, 2.05) is 0 Å². The highest BCUT2D eigenvalue weighted by molar-refractivity contribution is 5.82. The van der Waals surface area contributed by atoms with Crippen LogP contribution in [-0.2, 0) is 0 Å². The van der Waals surface area contributed by atoms with Gasteiger partial charge in [0.1, 0.15) is 0 Å². The van der Waals surface area contributed by atoms with Crippen molar-refractivity contribution < 1.29 is 19.1 Å². The molecule has 0 amide bonds. The number of ether oxygens (including phenoxy) is 1. The monoisotopic (exact) mass is 143 g/mol. The minimum Gasteiger partial charge on any atom is -0.479 e. The number of aromatic nitrogens is 1. The second kappa shape index (κ2) is 2.38. The summed E-state index contributed by atoms with van der Waals surface area (Å²) in [5.41, 5.74) is 0. The van der Waals surface area contributed by atoms with Crippen LogP contribution in [0.5, 0.6) is 5.88 Å². The van der Waals surface area contributed by atoms with Crippen molar-refractivity contribution in [2.24, 2.45) is 0 Å². The van der Waals surface area contributed by atoms with Crippen LogP contribution in [0.2, 0.25) is 0 Å². The number of oxazole rings is 1. The van der Waals surface area contributed by atoms with E-state index in [9.17, 15) is 4.79 Å². The van der Waals surface area contributed by atoms with Crippen LogP contribution in [0.1, 0.15) is 10.7 Å². The molecular weight excluding hydrogens is 138 g/mol. The molecular formula is C5H5NO4. The number of hydrogen-bond donors (Lipinski definition) is 1. The molecule has 1 rings (SSSR count). The van der Waals surface area contributed by atoms with Gasteiger partial charge in [-0.3, -0.25) is 0 Å². The number of methoxy groups -OCH3 is 1. The van der Waals surface area contributed by atoms with Gasteiger partial charge in [-0.15, -0.1) is 0 Å². The second-order valence-corrected chi connectivity index (χ2v) is 1.50. The lowest BCUT2D eigenvalue weighted by molar-refractivity contribution is 0.0653. The first-order chi connectivity index (χ1) is 4.74. The zero-order valence-electron chi connectivity index (χ0n) is 5.20. The fraction of sp³-hybridized carbons (Fsp3) is 0.200. The molecule has 0 radical (unpaired) electrons. The molecule has 0 aromatic carbocycles. The predicted octanol–water partition coefficient (Wildman–Crippen LogP) is 0.381. The normalized spacial score (nSPS) is 9.30. The molecule has 0 spiro atoms. The average Bonchev–Trinajstić information content (AvgIpc) is 2.34. The van der Waals surface area contributed by atoms with E-state index in [1.54, 1.807) is 0 Å². The highest BCUT2D eigenvalue weighted by Gasteiger charge is 2.10. The average molecular weight is 143 g/mol. The smallest absolute Gasteiger partial charge is 0.392 e. The molecule has 1 aromatic heterocycles. The minimum atomic E-state index is -1.21. The number of carboxylic acids is 1.